The van der Waals surface area contributed by atoms with Crippen LogP contribution in [0, 0.1) is 13.8 Å². The number of hydrogen-bond donors (Lipinski definition) is 1. The van der Waals surface area contributed by atoms with Crippen LogP contribution in [0.25, 0.3) is 0 Å². The predicted octanol–water partition coefficient (Wildman–Crippen LogP) is 2.86. The summed E-state index contributed by atoms with van der Waals surface area (Å²) in [5.74, 6) is 0.0250. The monoisotopic (exact) mass is 361 g/mol. The van der Waals surface area contributed by atoms with E-state index in [-0.39, 0.29) is 24.8 Å². The second-order valence-electron chi connectivity index (χ2n) is 6.13. The van der Waals surface area contributed by atoms with Crippen molar-refractivity contribution in [3.05, 3.63) is 45.4 Å². The van der Waals surface area contributed by atoms with Crippen LogP contribution in [-0.2, 0) is 11.3 Å². The molecular formula is C19H27N3O2S. The molecule has 0 radical (unpaired) electrons. The summed E-state index contributed by atoms with van der Waals surface area (Å²) in [6, 6.07) is 6.11. The number of rotatable bonds is 9. The second kappa shape index (κ2) is 8.97. The molecule has 5 nitrogen and oxygen atoms in total. The summed E-state index contributed by atoms with van der Waals surface area (Å²) in [5, 5.41) is 4.84. The van der Waals surface area contributed by atoms with Crippen LogP contribution < -0.4 is 5.32 Å². The Morgan fingerprint density at radius 1 is 1.24 bits per heavy atom. The van der Waals surface area contributed by atoms with Gasteiger partial charge in [0, 0.05) is 28.4 Å². The number of thiophene rings is 1. The first-order chi connectivity index (χ1) is 12.0. The Morgan fingerprint density at radius 2 is 2.00 bits per heavy atom. The Bertz CT molecular complexity index is 719. The third-order valence-electron chi connectivity index (χ3n) is 4.32. The van der Waals surface area contributed by atoms with Crippen LogP contribution in [0.4, 0.5) is 0 Å². The van der Waals surface area contributed by atoms with E-state index in [4.69, 9.17) is 0 Å². The lowest BCUT2D eigenvalue weighted by atomic mass is 10.1. The Balaban J connectivity index is 2.09. The molecule has 0 saturated carbocycles. The smallest absolute Gasteiger partial charge is 0.234 e. The molecule has 2 rings (SSSR count). The highest BCUT2D eigenvalue weighted by molar-refractivity contribution is 7.09. The number of aryl methyl sites for hydroxylation is 1. The van der Waals surface area contributed by atoms with Crippen molar-refractivity contribution >= 4 is 23.0 Å². The third kappa shape index (κ3) is 5.03. The van der Waals surface area contributed by atoms with Crippen LogP contribution in [-0.4, -0.2) is 47.3 Å². The number of nitrogens with one attached hydrogen (secondary N) is 1. The fourth-order valence-electron chi connectivity index (χ4n) is 2.91. The summed E-state index contributed by atoms with van der Waals surface area (Å²) >= 11 is 1.72. The fourth-order valence-corrected chi connectivity index (χ4v) is 3.60. The highest BCUT2D eigenvalue weighted by Crippen LogP contribution is 2.20. The van der Waals surface area contributed by atoms with Gasteiger partial charge in [-0.2, -0.15) is 0 Å². The van der Waals surface area contributed by atoms with Crippen molar-refractivity contribution in [3.8, 4) is 0 Å². The van der Waals surface area contributed by atoms with Crippen molar-refractivity contribution in [2.75, 3.05) is 26.2 Å². The lowest BCUT2D eigenvalue weighted by Crippen LogP contribution is -2.39. The number of ketones is 1. The molecule has 0 aliphatic rings. The average molecular weight is 362 g/mol. The van der Waals surface area contributed by atoms with E-state index in [1.807, 2.05) is 44.7 Å². The first-order valence-corrected chi connectivity index (χ1v) is 9.55. The summed E-state index contributed by atoms with van der Waals surface area (Å²) in [6.07, 6.45) is 0. The van der Waals surface area contributed by atoms with E-state index in [2.05, 4.69) is 21.3 Å². The van der Waals surface area contributed by atoms with Crippen LogP contribution in [0.2, 0.25) is 0 Å². The van der Waals surface area contributed by atoms with Gasteiger partial charge in [-0.1, -0.05) is 13.0 Å². The third-order valence-corrected chi connectivity index (χ3v) is 5.18. The second-order valence-corrected chi connectivity index (χ2v) is 7.16. The Labute approximate surface area is 153 Å². The van der Waals surface area contributed by atoms with Crippen LogP contribution in [0.3, 0.4) is 0 Å². The van der Waals surface area contributed by atoms with Crippen molar-refractivity contribution in [1.29, 1.82) is 0 Å². The minimum absolute atomic E-state index is 0.0414. The first kappa shape index (κ1) is 19.4. The van der Waals surface area contributed by atoms with Crippen molar-refractivity contribution in [3.63, 3.8) is 0 Å². The molecule has 0 aliphatic heterocycles. The zero-order valence-corrected chi connectivity index (χ0v) is 16.3. The lowest BCUT2D eigenvalue weighted by molar-refractivity contribution is -0.121. The number of hydrogen-bond acceptors (Lipinski definition) is 4. The largest absolute Gasteiger partial charge is 0.355 e. The van der Waals surface area contributed by atoms with Gasteiger partial charge in [0.1, 0.15) is 0 Å². The standard InChI is InChI=1S/C19H27N3O2S/c1-5-20-19(24)13-21(6-2)12-18(23)17-10-14(3)22(15(17)4)11-16-8-7-9-25-16/h7-10H,5-6,11-13H2,1-4H3,(H,20,24). The summed E-state index contributed by atoms with van der Waals surface area (Å²) in [7, 11) is 0. The van der Waals surface area contributed by atoms with Gasteiger partial charge < -0.3 is 9.88 Å². The maximum Gasteiger partial charge on any atom is 0.234 e. The van der Waals surface area contributed by atoms with Gasteiger partial charge >= 0.3 is 0 Å². The molecule has 2 heterocycles. The van der Waals surface area contributed by atoms with E-state index in [9.17, 15) is 9.59 Å². The highest BCUT2D eigenvalue weighted by atomic mass is 32.1. The summed E-state index contributed by atoms with van der Waals surface area (Å²) in [5.41, 5.74) is 2.83. The number of Topliss-reactive ketones (excluding diaryl/α,β-unsaturated/α-hetero) is 1. The molecule has 0 spiro atoms. The van der Waals surface area contributed by atoms with Gasteiger partial charge in [0.15, 0.2) is 5.78 Å². The Kier molecular flexibility index (Phi) is 6.96. The van der Waals surface area contributed by atoms with E-state index in [0.717, 1.165) is 23.5 Å². The van der Waals surface area contributed by atoms with Gasteiger partial charge in [-0.15, -0.1) is 11.3 Å². The summed E-state index contributed by atoms with van der Waals surface area (Å²) in [6.45, 7) is 10.5. The van der Waals surface area contributed by atoms with E-state index in [1.54, 1.807) is 11.3 Å². The maximum atomic E-state index is 12.8. The number of nitrogens with zero attached hydrogens (tertiary/aromatic N) is 2. The molecule has 0 fully saturated rings. The van der Waals surface area contributed by atoms with E-state index in [0.29, 0.717) is 13.1 Å². The predicted molar refractivity (Wildman–Crippen MR) is 102 cm³/mol. The van der Waals surface area contributed by atoms with Crippen LogP contribution in [0.1, 0.15) is 40.5 Å². The van der Waals surface area contributed by atoms with Gasteiger partial charge in [-0.25, -0.2) is 0 Å². The van der Waals surface area contributed by atoms with Crippen LogP contribution in [0.15, 0.2) is 23.6 Å². The minimum atomic E-state index is -0.0414. The zero-order chi connectivity index (χ0) is 18.4. The van der Waals surface area contributed by atoms with Gasteiger partial charge in [-0.05, 0) is 44.8 Å². The molecule has 0 unspecified atom stereocenters. The number of carbonyl (C=O) groups excluding carboxylic acids is 2. The van der Waals surface area contributed by atoms with E-state index in [1.165, 1.54) is 4.88 Å². The Morgan fingerprint density at radius 3 is 2.60 bits per heavy atom. The van der Waals surface area contributed by atoms with Crippen molar-refractivity contribution < 1.29 is 9.59 Å². The Hall–Kier alpha value is -1.92. The molecule has 0 aliphatic carbocycles. The van der Waals surface area contributed by atoms with Crippen molar-refractivity contribution in [2.45, 2.75) is 34.2 Å². The number of amides is 1. The fraction of sp³-hybridized carbons (Fsp3) is 0.474. The normalized spacial score (nSPS) is 11.1. The zero-order valence-electron chi connectivity index (χ0n) is 15.5. The van der Waals surface area contributed by atoms with Gasteiger partial charge in [0.05, 0.1) is 19.6 Å². The molecule has 0 atom stereocenters. The van der Waals surface area contributed by atoms with Gasteiger partial charge in [0.25, 0.3) is 0 Å². The topological polar surface area (TPSA) is 54.3 Å². The lowest BCUT2D eigenvalue weighted by Gasteiger charge is -2.18. The molecular weight excluding hydrogens is 334 g/mol. The molecule has 0 aromatic carbocycles. The SMILES string of the molecule is CCNC(=O)CN(CC)CC(=O)c1cc(C)n(Cc2cccs2)c1C. The molecule has 1 amide bonds. The number of aromatic nitrogens is 1. The molecule has 2 aromatic rings. The highest BCUT2D eigenvalue weighted by Gasteiger charge is 2.19. The van der Waals surface area contributed by atoms with Gasteiger partial charge in [-0.3, -0.25) is 14.5 Å². The van der Waals surface area contributed by atoms with Crippen molar-refractivity contribution in [2.24, 2.45) is 0 Å². The van der Waals surface area contributed by atoms with E-state index >= 15 is 0 Å². The number of carbonyl (C=O) groups is 2. The molecule has 25 heavy (non-hydrogen) atoms. The molecule has 136 valence electrons. The summed E-state index contributed by atoms with van der Waals surface area (Å²) in [4.78, 5) is 27.7. The molecule has 0 bridgehead atoms. The van der Waals surface area contributed by atoms with Gasteiger partial charge in [0.2, 0.25) is 5.91 Å². The van der Waals surface area contributed by atoms with Crippen LogP contribution in [0.5, 0.6) is 0 Å². The minimum Gasteiger partial charge on any atom is -0.355 e. The average Bonchev–Trinajstić information content (AvgIpc) is 3.18. The van der Waals surface area contributed by atoms with Crippen molar-refractivity contribution in [1.82, 2.24) is 14.8 Å². The molecule has 1 N–H and O–H groups in total. The number of likely N-dealkylation sites (N-methyl/N-ethyl adjacent to an activating group) is 2. The van der Waals surface area contributed by atoms with E-state index < -0.39 is 0 Å². The molecule has 0 saturated heterocycles. The molecule has 2 aromatic heterocycles. The van der Waals surface area contributed by atoms with Crippen LogP contribution >= 0.6 is 11.3 Å². The summed E-state index contributed by atoms with van der Waals surface area (Å²) < 4.78 is 2.18. The first-order valence-electron chi connectivity index (χ1n) is 8.67. The quantitative estimate of drug-likeness (QED) is 0.699. The maximum absolute atomic E-state index is 12.8. The molecule has 6 heteroatoms.